The lowest BCUT2D eigenvalue weighted by atomic mass is 10.2. The molecule has 0 aliphatic heterocycles. The van der Waals surface area contributed by atoms with Crippen LogP contribution >= 0.6 is 0 Å². The van der Waals surface area contributed by atoms with Crippen molar-refractivity contribution >= 4 is 11.0 Å². The highest BCUT2D eigenvalue weighted by atomic mass is 16.5. The van der Waals surface area contributed by atoms with Crippen molar-refractivity contribution in [2.75, 3.05) is 0 Å². The highest BCUT2D eigenvalue weighted by Crippen LogP contribution is 2.29. The van der Waals surface area contributed by atoms with Crippen molar-refractivity contribution in [1.29, 1.82) is 0 Å². The van der Waals surface area contributed by atoms with Gasteiger partial charge in [-0.25, -0.2) is 0 Å². The monoisotopic (exact) mass is 234 g/mol. The number of phenols is 1. The van der Waals surface area contributed by atoms with Crippen LogP contribution < -0.4 is 10.2 Å². The number of hydrogen-bond acceptors (Lipinski definition) is 4. The second kappa shape index (κ2) is 4.13. The fourth-order valence-corrected chi connectivity index (χ4v) is 1.70. The number of phenolic OH excluding ortho intramolecular Hbond substituents is 1. The standard InChI is InChI=1S/C13H14O4/c1-7(2)16-9-5-11(15)13-10(14)4-8(3)17-12(13)6-9/h4-7,15H,1-3H3. The number of ether oxygens (including phenoxy) is 1. The van der Waals surface area contributed by atoms with Crippen LogP contribution in [0.1, 0.15) is 19.6 Å². The first-order valence-corrected chi connectivity index (χ1v) is 5.41. The summed E-state index contributed by atoms with van der Waals surface area (Å²) in [6.45, 7) is 5.45. The molecular weight excluding hydrogens is 220 g/mol. The molecule has 90 valence electrons. The van der Waals surface area contributed by atoms with Gasteiger partial charge in [0.05, 0.1) is 6.10 Å². The summed E-state index contributed by atoms with van der Waals surface area (Å²) in [6.07, 6.45) is -0.0108. The largest absolute Gasteiger partial charge is 0.507 e. The summed E-state index contributed by atoms with van der Waals surface area (Å²) in [7, 11) is 0. The van der Waals surface area contributed by atoms with E-state index in [0.29, 0.717) is 17.1 Å². The van der Waals surface area contributed by atoms with Gasteiger partial charge in [0.25, 0.3) is 0 Å². The molecule has 0 aliphatic carbocycles. The van der Waals surface area contributed by atoms with E-state index in [9.17, 15) is 9.90 Å². The first kappa shape index (κ1) is 11.5. The van der Waals surface area contributed by atoms with Crippen LogP contribution in [0.25, 0.3) is 11.0 Å². The Morgan fingerprint density at radius 2 is 2.00 bits per heavy atom. The molecule has 1 aromatic carbocycles. The van der Waals surface area contributed by atoms with E-state index in [1.54, 1.807) is 13.0 Å². The third kappa shape index (κ3) is 2.25. The molecule has 0 atom stereocenters. The summed E-state index contributed by atoms with van der Waals surface area (Å²) in [6, 6.07) is 4.39. The Bertz CT molecular complexity index is 611. The molecule has 2 aromatic rings. The van der Waals surface area contributed by atoms with Gasteiger partial charge in [-0.2, -0.15) is 0 Å². The van der Waals surface area contributed by atoms with Crippen LogP contribution in [0.4, 0.5) is 0 Å². The normalized spacial score (nSPS) is 11.1. The molecule has 0 unspecified atom stereocenters. The molecule has 0 spiro atoms. The van der Waals surface area contributed by atoms with Crippen molar-refractivity contribution in [3.05, 3.63) is 34.2 Å². The lowest BCUT2D eigenvalue weighted by molar-refractivity contribution is 0.241. The zero-order chi connectivity index (χ0) is 12.6. The number of fused-ring (bicyclic) bond motifs is 1. The average molecular weight is 234 g/mol. The van der Waals surface area contributed by atoms with Crippen molar-refractivity contribution in [2.45, 2.75) is 26.9 Å². The second-order valence-corrected chi connectivity index (χ2v) is 4.20. The van der Waals surface area contributed by atoms with Gasteiger partial charge in [-0.1, -0.05) is 0 Å². The number of aromatic hydroxyl groups is 1. The molecule has 0 fully saturated rings. The van der Waals surface area contributed by atoms with E-state index in [1.165, 1.54) is 12.1 Å². The predicted molar refractivity (Wildman–Crippen MR) is 64.6 cm³/mol. The Hall–Kier alpha value is -1.97. The highest BCUT2D eigenvalue weighted by Gasteiger charge is 2.11. The van der Waals surface area contributed by atoms with Crippen LogP contribution in [0.2, 0.25) is 0 Å². The van der Waals surface area contributed by atoms with E-state index in [0.717, 1.165) is 0 Å². The van der Waals surface area contributed by atoms with Crippen LogP contribution in [0.5, 0.6) is 11.5 Å². The van der Waals surface area contributed by atoms with Crippen LogP contribution in [0.3, 0.4) is 0 Å². The zero-order valence-electron chi connectivity index (χ0n) is 9.98. The van der Waals surface area contributed by atoms with Crippen LogP contribution in [-0.4, -0.2) is 11.2 Å². The maximum absolute atomic E-state index is 11.7. The van der Waals surface area contributed by atoms with Crippen LogP contribution in [0.15, 0.2) is 27.4 Å². The van der Waals surface area contributed by atoms with Gasteiger partial charge in [-0.3, -0.25) is 4.79 Å². The molecular formula is C13H14O4. The molecule has 0 radical (unpaired) electrons. The van der Waals surface area contributed by atoms with Gasteiger partial charge in [0.15, 0.2) is 5.43 Å². The zero-order valence-corrected chi connectivity index (χ0v) is 9.98. The number of hydrogen-bond donors (Lipinski definition) is 1. The van der Waals surface area contributed by atoms with Gasteiger partial charge in [0.2, 0.25) is 0 Å². The summed E-state index contributed by atoms with van der Waals surface area (Å²) >= 11 is 0. The highest BCUT2D eigenvalue weighted by molar-refractivity contribution is 5.84. The van der Waals surface area contributed by atoms with Crippen molar-refractivity contribution in [3.63, 3.8) is 0 Å². The predicted octanol–water partition coefficient (Wildman–Crippen LogP) is 2.59. The molecule has 0 saturated heterocycles. The molecule has 4 heteroatoms. The van der Waals surface area contributed by atoms with E-state index in [4.69, 9.17) is 9.15 Å². The van der Waals surface area contributed by atoms with E-state index < -0.39 is 0 Å². The molecule has 0 saturated carbocycles. The Labute approximate surface area is 98.4 Å². The second-order valence-electron chi connectivity index (χ2n) is 4.20. The summed E-state index contributed by atoms with van der Waals surface area (Å²) in [5.41, 5.74) is 0.0861. The Kier molecular flexibility index (Phi) is 2.79. The minimum Gasteiger partial charge on any atom is -0.507 e. The maximum Gasteiger partial charge on any atom is 0.196 e. The topological polar surface area (TPSA) is 59.7 Å². The minimum atomic E-state index is -0.252. The van der Waals surface area contributed by atoms with Crippen LogP contribution in [-0.2, 0) is 0 Å². The molecule has 0 amide bonds. The molecule has 2 rings (SSSR count). The molecule has 1 N–H and O–H groups in total. The molecule has 0 bridgehead atoms. The Morgan fingerprint density at radius 3 is 2.65 bits per heavy atom. The maximum atomic E-state index is 11.7. The van der Waals surface area contributed by atoms with Crippen molar-refractivity contribution < 1.29 is 14.3 Å². The van der Waals surface area contributed by atoms with Gasteiger partial charge in [-0.15, -0.1) is 0 Å². The number of rotatable bonds is 2. The fourth-order valence-electron chi connectivity index (χ4n) is 1.70. The van der Waals surface area contributed by atoms with Crippen LogP contribution in [0, 0.1) is 6.92 Å². The quantitative estimate of drug-likeness (QED) is 0.867. The van der Waals surface area contributed by atoms with Crippen molar-refractivity contribution in [3.8, 4) is 11.5 Å². The summed E-state index contributed by atoms with van der Waals surface area (Å²) in [4.78, 5) is 11.7. The third-order valence-corrected chi connectivity index (χ3v) is 2.28. The SMILES string of the molecule is Cc1cc(=O)c2c(O)cc(OC(C)C)cc2o1. The number of aryl methyl sites for hydroxylation is 1. The lowest BCUT2D eigenvalue weighted by Gasteiger charge is -2.10. The van der Waals surface area contributed by atoms with Gasteiger partial charge in [0, 0.05) is 18.2 Å². The molecule has 17 heavy (non-hydrogen) atoms. The van der Waals surface area contributed by atoms with Gasteiger partial charge in [0.1, 0.15) is 28.2 Å². The van der Waals surface area contributed by atoms with E-state index in [-0.39, 0.29) is 22.7 Å². The molecule has 0 aliphatic rings. The molecule has 4 nitrogen and oxygen atoms in total. The number of benzene rings is 1. The minimum absolute atomic E-state index is 0.0108. The Balaban J connectivity index is 2.69. The smallest absolute Gasteiger partial charge is 0.196 e. The van der Waals surface area contributed by atoms with Gasteiger partial charge < -0.3 is 14.3 Å². The van der Waals surface area contributed by atoms with E-state index >= 15 is 0 Å². The first-order chi connectivity index (χ1) is 7.97. The molecule has 1 aromatic heterocycles. The molecule has 1 heterocycles. The summed E-state index contributed by atoms with van der Waals surface area (Å²) < 4.78 is 10.9. The summed E-state index contributed by atoms with van der Waals surface area (Å²) in [5, 5.41) is 9.98. The lowest BCUT2D eigenvalue weighted by Crippen LogP contribution is -2.06. The van der Waals surface area contributed by atoms with Gasteiger partial charge >= 0.3 is 0 Å². The average Bonchev–Trinajstić information content (AvgIpc) is 2.13. The van der Waals surface area contributed by atoms with Gasteiger partial charge in [-0.05, 0) is 20.8 Å². The van der Waals surface area contributed by atoms with Crippen molar-refractivity contribution in [2.24, 2.45) is 0 Å². The Morgan fingerprint density at radius 1 is 1.29 bits per heavy atom. The summed E-state index contributed by atoms with van der Waals surface area (Å²) in [5.74, 6) is 0.870. The first-order valence-electron chi connectivity index (χ1n) is 5.41. The van der Waals surface area contributed by atoms with E-state index in [2.05, 4.69) is 0 Å². The third-order valence-electron chi connectivity index (χ3n) is 2.28. The van der Waals surface area contributed by atoms with Crippen molar-refractivity contribution in [1.82, 2.24) is 0 Å². The fraction of sp³-hybridized carbons (Fsp3) is 0.308. The van der Waals surface area contributed by atoms with E-state index in [1.807, 2.05) is 13.8 Å².